The van der Waals surface area contributed by atoms with Gasteiger partial charge in [-0.05, 0) is 93.0 Å². The van der Waals surface area contributed by atoms with Crippen LogP contribution in [0.25, 0.3) is 0 Å². The molecule has 1 atom stereocenters. The number of carbonyl (C=O) groups excluding carboxylic acids is 1. The highest BCUT2D eigenvalue weighted by Gasteiger charge is 2.21. The van der Waals surface area contributed by atoms with Crippen molar-refractivity contribution in [3.8, 4) is 0 Å². The Labute approximate surface area is 196 Å². The van der Waals surface area contributed by atoms with Crippen molar-refractivity contribution in [3.63, 3.8) is 0 Å². The van der Waals surface area contributed by atoms with Crippen molar-refractivity contribution in [3.05, 3.63) is 93.5 Å². The fourth-order valence-electron chi connectivity index (χ4n) is 4.38. The van der Waals surface area contributed by atoms with Gasteiger partial charge < -0.3 is 5.32 Å². The Balaban J connectivity index is 1.55. The summed E-state index contributed by atoms with van der Waals surface area (Å²) in [6.45, 7) is 7.50. The predicted molar refractivity (Wildman–Crippen MR) is 132 cm³/mol. The van der Waals surface area contributed by atoms with E-state index in [1.807, 2.05) is 32.9 Å². The molecule has 3 aromatic rings. The highest BCUT2D eigenvalue weighted by molar-refractivity contribution is 7.92. The maximum atomic E-state index is 13.1. The van der Waals surface area contributed by atoms with Crippen LogP contribution in [0.3, 0.4) is 0 Å². The van der Waals surface area contributed by atoms with Gasteiger partial charge in [0.2, 0.25) is 0 Å². The lowest BCUT2D eigenvalue weighted by atomic mass is 10.0. The van der Waals surface area contributed by atoms with Gasteiger partial charge >= 0.3 is 0 Å². The molecule has 4 rings (SSSR count). The predicted octanol–water partition coefficient (Wildman–Crippen LogP) is 5.39. The molecular formula is C27H30N2O3S. The van der Waals surface area contributed by atoms with Crippen molar-refractivity contribution in [2.45, 2.75) is 57.9 Å². The minimum atomic E-state index is -3.85. The number of amides is 1. The summed E-state index contributed by atoms with van der Waals surface area (Å²) in [5, 5.41) is 3.01. The molecule has 0 fully saturated rings. The summed E-state index contributed by atoms with van der Waals surface area (Å²) in [5.41, 5.74) is 7.12. The van der Waals surface area contributed by atoms with Gasteiger partial charge in [-0.25, -0.2) is 8.42 Å². The molecule has 0 aliphatic heterocycles. The molecule has 0 spiro atoms. The van der Waals surface area contributed by atoms with Crippen molar-refractivity contribution in [2.24, 2.45) is 0 Å². The summed E-state index contributed by atoms with van der Waals surface area (Å²) in [6, 6.07) is 16.5. The van der Waals surface area contributed by atoms with Crippen LogP contribution in [0.15, 0.2) is 59.5 Å². The van der Waals surface area contributed by atoms with Crippen LogP contribution in [0, 0.1) is 20.8 Å². The quantitative estimate of drug-likeness (QED) is 0.516. The smallest absolute Gasteiger partial charge is 0.262 e. The van der Waals surface area contributed by atoms with Gasteiger partial charge in [-0.2, -0.15) is 0 Å². The van der Waals surface area contributed by atoms with Gasteiger partial charge in [-0.1, -0.05) is 42.0 Å². The summed E-state index contributed by atoms with van der Waals surface area (Å²) < 4.78 is 29.0. The molecule has 0 unspecified atom stereocenters. The molecule has 3 aromatic carbocycles. The molecule has 0 bridgehead atoms. The third-order valence-electron chi connectivity index (χ3n) is 6.34. The van der Waals surface area contributed by atoms with E-state index in [-0.39, 0.29) is 16.8 Å². The lowest BCUT2D eigenvalue weighted by molar-refractivity contribution is 0.0939. The fraction of sp³-hybridized carbons (Fsp3) is 0.296. The lowest BCUT2D eigenvalue weighted by Crippen LogP contribution is -2.27. The number of nitrogens with one attached hydrogen (secondary N) is 2. The van der Waals surface area contributed by atoms with Crippen LogP contribution in [0.2, 0.25) is 0 Å². The molecule has 0 saturated carbocycles. The first-order valence-electron chi connectivity index (χ1n) is 11.3. The Hall–Kier alpha value is -3.12. The Morgan fingerprint density at radius 3 is 2.39 bits per heavy atom. The first-order valence-corrected chi connectivity index (χ1v) is 12.8. The van der Waals surface area contributed by atoms with Crippen LogP contribution in [0.5, 0.6) is 0 Å². The average Bonchev–Trinajstić information content (AvgIpc) is 3.23. The molecule has 6 heteroatoms. The number of hydrogen-bond donors (Lipinski definition) is 2. The van der Waals surface area contributed by atoms with Gasteiger partial charge in [-0.3, -0.25) is 9.52 Å². The van der Waals surface area contributed by atoms with Crippen LogP contribution < -0.4 is 10.0 Å². The molecule has 172 valence electrons. The number of rotatable bonds is 6. The Bertz CT molecular complexity index is 1330. The maximum absolute atomic E-state index is 13.1. The summed E-state index contributed by atoms with van der Waals surface area (Å²) in [4.78, 5) is 13.1. The molecule has 5 nitrogen and oxygen atoms in total. The fourth-order valence-corrected chi connectivity index (χ4v) is 5.79. The first kappa shape index (κ1) is 23.1. The van der Waals surface area contributed by atoms with E-state index in [9.17, 15) is 13.2 Å². The van der Waals surface area contributed by atoms with Gasteiger partial charge in [0.15, 0.2) is 0 Å². The van der Waals surface area contributed by atoms with E-state index in [4.69, 9.17) is 0 Å². The van der Waals surface area contributed by atoms with Gasteiger partial charge in [0.25, 0.3) is 15.9 Å². The van der Waals surface area contributed by atoms with Crippen molar-refractivity contribution in [2.75, 3.05) is 4.72 Å². The van der Waals surface area contributed by atoms with Crippen molar-refractivity contribution < 1.29 is 13.2 Å². The number of fused-ring (bicyclic) bond motifs is 1. The van der Waals surface area contributed by atoms with E-state index < -0.39 is 10.0 Å². The number of benzene rings is 3. The monoisotopic (exact) mass is 462 g/mol. The summed E-state index contributed by atoms with van der Waals surface area (Å²) in [5.74, 6) is -0.300. The second-order valence-electron chi connectivity index (χ2n) is 8.98. The third kappa shape index (κ3) is 4.96. The topological polar surface area (TPSA) is 75.3 Å². The van der Waals surface area contributed by atoms with E-state index in [2.05, 4.69) is 28.2 Å². The summed E-state index contributed by atoms with van der Waals surface area (Å²) in [7, 11) is -3.85. The molecule has 0 saturated heterocycles. The second kappa shape index (κ2) is 9.02. The number of aryl methyl sites for hydroxylation is 5. The van der Waals surface area contributed by atoms with Crippen LogP contribution in [-0.2, 0) is 22.9 Å². The zero-order valence-corrected chi connectivity index (χ0v) is 20.3. The van der Waals surface area contributed by atoms with Crippen molar-refractivity contribution in [1.29, 1.82) is 0 Å². The molecule has 1 aliphatic rings. The molecule has 33 heavy (non-hydrogen) atoms. The lowest BCUT2D eigenvalue weighted by Gasteiger charge is -2.17. The second-order valence-corrected chi connectivity index (χ2v) is 10.6. The minimum Gasteiger partial charge on any atom is -0.346 e. The zero-order valence-electron chi connectivity index (χ0n) is 19.5. The van der Waals surface area contributed by atoms with Gasteiger partial charge in [-0.15, -0.1) is 0 Å². The average molecular weight is 463 g/mol. The van der Waals surface area contributed by atoms with E-state index in [1.165, 1.54) is 23.6 Å². The maximum Gasteiger partial charge on any atom is 0.262 e. The standard InChI is InChI=1S/C27H30N2O3S/c1-17-8-13-25(19(3)14-17)29-33(31,32)26-16-24(10-9-18(26)2)27(30)28-20(4)22-12-11-21-6-5-7-23(21)15-22/h8-16,20,29H,5-7H2,1-4H3,(H,28,30)/t20-/m0/s1. The largest absolute Gasteiger partial charge is 0.346 e. The molecule has 1 aliphatic carbocycles. The zero-order chi connectivity index (χ0) is 23.8. The van der Waals surface area contributed by atoms with E-state index in [0.29, 0.717) is 16.8 Å². The van der Waals surface area contributed by atoms with Gasteiger partial charge in [0.1, 0.15) is 0 Å². The molecular weight excluding hydrogens is 432 g/mol. The summed E-state index contributed by atoms with van der Waals surface area (Å²) in [6.07, 6.45) is 3.37. The number of hydrogen-bond acceptors (Lipinski definition) is 3. The van der Waals surface area contributed by atoms with Gasteiger partial charge in [0.05, 0.1) is 16.6 Å². The van der Waals surface area contributed by atoms with Gasteiger partial charge in [0, 0.05) is 5.56 Å². The molecule has 2 N–H and O–H groups in total. The molecule has 1 amide bonds. The van der Waals surface area contributed by atoms with Crippen LogP contribution in [0.1, 0.15) is 63.1 Å². The van der Waals surface area contributed by atoms with Crippen molar-refractivity contribution >= 4 is 21.6 Å². The number of anilines is 1. The Kier molecular flexibility index (Phi) is 6.30. The normalized spacial score (nSPS) is 13.9. The molecule has 0 heterocycles. The third-order valence-corrected chi connectivity index (χ3v) is 7.84. The summed E-state index contributed by atoms with van der Waals surface area (Å²) >= 11 is 0. The Morgan fingerprint density at radius 2 is 1.64 bits per heavy atom. The SMILES string of the molecule is Cc1ccc(NS(=O)(=O)c2cc(C(=O)N[C@@H](C)c3ccc4c(c3)CCC4)ccc2C)c(C)c1. The highest BCUT2D eigenvalue weighted by atomic mass is 32.2. The van der Waals surface area contributed by atoms with E-state index in [1.54, 1.807) is 25.1 Å². The van der Waals surface area contributed by atoms with E-state index >= 15 is 0 Å². The van der Waals surface area contributed by atoms with Crippen molar-refractivity contribution in [1.82, 2.24) is 5.32 Å². The van der Waals surface area contributed by atoms with Crippen LogP contribution in [0.4, 0.5) is 5.69 Å². The highest BCUT2D eigenvalue weighted by Crippen LogP contribution is 2.26. The van der Waals surface area contributed by atoms with Crippen LogP contribution in [-0.4, -0.2) is 14.3 Å². The Morgan fingerprint density at radius 1 is 0.879 bits per heavy atom. The molecule has 0 radical (unpaired) electrons. The van der Waals surface area contributed by atoms with Crippen LogP contribution >= 0.6 is 0 Å². The molecule has 0 aromatic heterocycles. The first-order chi connectivity index (χ1) is 15.6. The van der Waals surface area contributed by atoms with E-state index in [0.717, 1.165) is 29.5 Å². The minimum absolute atomic E-state index is 0.0975. The number of carbonyl (C=O) groups is 1. The number of sulfonamides is 1.